The molecule has 1 aliphatic carbocycles. The van der Waals surface area contributed by atoms with Crippen molar-refractivity contribution in [3.8, 4) is 11.8 Å². The van der Waals surface area contributed by atoms with Crippen molar-refractivity contribution in [2.75, 3.05) is 13.1 Å². The SMILES string of the molecule is C[C@H](Oc1ccc(S(=O)(=O)[C@@H]2C[C@@H](C(=O)NC3(C#N)CC3)N(C(=O)C3CCN3C(=O)O)C2)c(Cl)c1)C(F)(F)F. The van der Waals surface area contributed by atoms with Crippen LogP contribution in [0.15, 0.2) is 23.1 Å². The monoisotopic (exact) mass is 592 g/mol. The van der Waals surface area contributed by atoms with Crippen LogP contribution in [0, 0.1) is 11.3 Å². The molecule has 4 atom stereocenters. The number of benzene rings is 1. The number of carboxylic acid groups (broad SMARTS) is 1. The second-order valence-corrected chi connectivity index (χ2v) is 12.4. The smallest absolute Gasteiger partial charge is 0.425 e. The number of nitrogens with one attached hydrogen (secondary N) is 1. The number of alkyl halides is 3. The summed E-state index contributed by atoms with van der Waals surface area (Å²) in [7, 11) is -4.33. The van der Waals surface area contributed by atoms with E-state index in [1.807, 2.05) is 6.07 Å². The average Bonchev–Trinajstić information content (AvgIpc) is 3.41. The van der Waals surface area contributed by atoms with Crippen molar-refractivity contribution in [1.82, 2.24) is 15.1 Å². The molecule has 3 aliphatic rings. The molecule has 1 aromatic rings. The fourth-order valence-electron chi connectivity index (χ4n) is 4.52. The molecule has 2 saturated heterocycles. The van der Waals surface area contributed by atoms with E-state index in [-0.39, 0.29) is 25.1 Å². The van der Waals surface area contributed by atoms with E-state index in [1.54, 1.807) is 0 Å². The number of sulfone groups is 1. The molecule has 16 heteroatoms. The van der Waals surface area contributed by atoms with E-state index in [1.165, 1.54) is 0 Å². The standard InChI is InChI=1S/C23H24ClF3N4O7S/c1-12(23(25,26)27)38-13-2-3-18(15(24)8-13)39(36,37)14-9-17(19(32)29-22(11-28)5-6-22)31(10-14)20(33)16-4-7-30(16)21(34)35/h2-3,8,12,14,16-17H,4-7,9-10H2,1H3,(H,29,32)(H,34,35)/t12-,14+,16?,17-/m0/s1. The molecule has 3 fully saturated rings. The predicted octanol–water partition coefficient (Wildman–Crippen LogP) is 2.34. The Morgan fingerprint density at radius 1 is 1.26 bits per heavy atom. The van der Waals surface area contributed by atoms with Gasteiger partial charge in [-0.2, -0.15) is 18.4 Å². The fourth-order valence-corrected chi connectivity index (χ4v) is 6.76. The number of hydrogen-bond acceptors (Lipinski definition) is 7. The second kappa shape index (κ2) is 10.1. The van der Waals surface area contributed by atoms with Crippen LogP contribution in [-0.2, 0) is 19.4 Å². The summed E-state index contributed by atoms with van der Waals surface area (Å²) in [5.74, 6) is -1.79. The Morgan fingerprint density at radius 3 is 2.41 bits per heavy atom. The van der Waals surface area contributed by atoms with Crippen molar-refractivity contribution in [2.45, 2.75) is 72.7 Å². The van der Waals surface area contributed by atoms with Crippen molar-refractivity contribution in [3.63, 3.8) is 0 Å². The first-order chi connectivity index (χ1) is 18.1. The first kappa shape index (κ1) is 28.8. The van der Waals surface area contributed by atoms with E-state index in [0.29, 0.717) is 12.8 Å². The largest absolute Gasteiger partial charge is 0.481 e. The quantitative estimate of drug-likeness (QED) is 0.488. The number of halogens is 4. The Hall–Kier alpha value is -3.25. The van der Waals surface area contributed by atoms with Gasteiger partial charge >= 0.3 is 12.3 Å². The number of ether oxygens (including phenoxy) is 1. The summed E-state index contributed by atoms with van der Waals surface area (Å²) < 4.78 is 70.3. The molecule has 2 aliphatic heterocycles. The van der Waals surface area contributed by atoms with Crippen LogP contribution in [0.5, 0.6) is 5.75 Å². The van der Waals surface area contributed by atoms with E-state index in [4.69, 9.17) is 16.3 Å². The maximum Gasteiger partial charge on any atom is 0.425 e. The molecular weight excluding hydrogens is 569 g/mol. The third-order valence-corrected chi connectivity index (χ3v) is 9.76. The molecular formula is C23H24ClF3N4O7S. The summed E-state index contributed by atoms with van der Waals surface area (Å²) in [5.41, 5.74) is -1.10. The van der Waals surface area contributed by atoms with Crippen LogP contribution in [-0.4, -0.2) is 89.5 Å². The van der Waals surface area contributed by atoms with Gasteiger partial charge in [0.1, 0.15) is 23.4 Å². The number of carbonyl (C=O) groups excluding carboxylic acids is 2. The van der Waals surface area contributed by atoms with E-state index in [9.17, 15) is 46.3 Å². The molecule has 0 radical (unpaired) electrons. The molecule has 1 aromatic carbocycles. The first-order valence-electron chi connectivity index (χ1n) is 11.9. The van der Waals surface area contributed by atoms with Gasteiger partial charge in [0.2, 0.25) is 11.8 Å². The average molecular weight is 593 g/mol. The van der Waals surface area contributed by atoms with Gasteiger partial charge in [0.15, 0.2) is 15.9 Å². The highest BCUT2D eigenvalue weighted by Crippen LogP contribution is 2.38. The summed E-state index contributed by atoms with van der Waals surface area (Å²) >= 11 is 6.13. The molecule has 39 heavy (non-hydrogen) atoms. The maximum atomic E-state index is 13.5. The number of hydrogen-bond donors (Lipinski definition) is 2. The van der Waals surface area contributed by atoms with Crippen LogP contribution in [0.3, 0.4) is 0 Å². The zero-order chi connectivity index (χ0) is 28.9. The maximum absolute atomic E-state index is 13.5. The Kier molecular flexibility index (Phi) is 7.41. The van der Waals surface area contributed by atoms with Gasteiger partial charge in [-0.05, 0) is 44.7 Å². The highest BCUT2D eigenvalue weighted by molar-refractivity contribution is 7.92. The fraction of sp³-hybridized carbons (Fsp3) is 0.565. The third-order valence-electron chi connectivity index (χ3n) is 7.15. The second-order valence-electron chi connectivity index (χ2n) is 9.77. The van der Waals surface area contributed by atoms with Gasteiger partial charge in [0.25, 0.3) is 0 Å². The van der Waals surface area contributed by atoms with Gasteiger partial charge in [-0.1, -0.05) is 11.6 Å². The number of nitrogens with zero attached hydrogens (tertiary/aromatic N) is 3. The molecule has 3 amide bonds. The molecule has 1 saturated carbocycles. The summed E-state index contributed by atoms with van der Waals surface area (Å²) in [6.45, 7) is 0.425. The predicted molar refractivity (Wildman–Crippen MR) is 128 cm³/mol. The van der Waals surface area contributed by atoms with Crippen LogP contribution >= 0.6 is 11.6 Å². The molecule has 0 aromatic heterocycles. The third kappa shape index (κ3) is 5.58. The topological polar surface area (TPSA) is 157 Å². The van der Waals surface area contributed by atoms with Gasteiger partial charge in [0.05, 0.1) is 21.2 Å². The highest BCUT2D eigenvalue weighted by atomic mass is 35.5. The minimum atomic E-state index is -4.66. The molecule has 2 N–H and O–H groups in total. The zero-order valence-electron chi connectivity index (χ0n) is 20.4. The minimum absolute atomic E-state index is 0.104. The van der Waals surface area contributed by atoms with Crippen molar-refractivity contribution in [2.24, 2.45) is 0 Å². The van der Waals surface area contributed by atoms with Crippen molar-refractivity contribution >= 4 is 39.3 Å². The van der Waals surface area contributed by atoms with Crippen molar-refractivity contribution < 1.29 is 45.8 Å². The van der Waals surface area contributed by atoms with E-state index >= 15 is 0 Å². The Bertz CT molecular complexity index is 1350. The van der Waals surface area contributed by atoms with Crippen molar-refractivity contribution in [3.05, 3.63) is 23.2 Å². The normalized spacial score (nSPS) is 24.8. The molecule has 1 unspecified atom stereocenters. The first-order valence-corrected chi connectivity index (χ1v) is 13.8. The van der Waals surface area contributed by atoms with Gasteiger partial charge < -0.3 is 20.1 Å². The van der Waals surface area contributed by atoms with E-state index in [2.05, 4.69) is 5.32 Å². The van der Waals surface area contributed by atoms with Gasteiger partial charge in [-0.25, -0.2) is 13.2 Å². The lowest BCUT2D eigenvalue weighted by Crippen LogP contribution is -2.61. The zero-order valence-corrected chi connectivity index (χ0v) is 22.0. The molecule has 2 heterocycles. The minimum Gasteiger partial charge on any atom is -0.481 e. The van der Waals surface area contributed by atoms with Crippen LogP contribution in [0.4, 0.5) is 18.0 Å². The lowest BCUT2D eigenvalue weighted by molar-refractivity contribution is -0.189. The number of carbonyl (C=O) groups is 3. The van der Waals surface area contributed by atoms with Gasteiger partial charge in [-0.15, -0.1) is 0 Å². The lowest BCUT2D eigenvalue weighted by Gasteiger charge is -2.40. The summed E-state index contributed by atoms with van der Waals surface area (Å²) in [6.07, 6.45) is -7.55. The van der Waals surface area contributed by atoms with Gasteiger partial charge in [0, 0.05) is 19.2 Å². The van der Waals surface area contributed by atoms with Crippen LogP contribution in [0.1, 0.15) is 32.6 Å². The Morgan fingerprint density at radius 2 is 1.92 bits per heavy atom. The molecule has 4 rings (SSSR count). The Labute approximate surface area is 226 Å². The number of nitriles is 1. The van der Waals surface area contributed by atoms with Crippen molar-refractivity contribution in [1.29, 1.82) is 5.26 Å². The van der Waals surface area contributed by atoms with Gasteiger partial charge in [-0.3, -0.25) is 14.5 Å². The summed E-state index contributed by atoms with van der Waals surface area (Å²) in [4.78, 5) is 39.2. The number of amides is 3. The summed E-state index contributed by atoms with van der Waals surface area (Å²) in [6, 6.07) is 2.54. The molecule has 0 spiro atoms. The van der Waals surface area contributed by atoms with Crippen LogP contribution in [0.25, 0.3) is 0 Å². The Balaban J connectivity index is 1.59. The molecule has 0 bridgehead atoms. The highest BCUT2D eigenvalue weighted by Gasteiger charge is 2.52. The molecule has 212 valence electrons. The van der Waals surface area contributed by atoms with E-state index in [0.717, 1.165) is 34.9 Å². The molecule has 11 nitrogen and oxygen atoms in total. The van der Waals surface area contributed by atoms with E-state index < -0.39 is 79.4 Å². The lowest BCUT2D eigenvalue weighted by atomic mass is 10.0. The number of rotatable bonds is 7. The summed E-state index contributed by atoms with van der Waals surface area (Å²) in [5, 5.41) is 19.4. The van der Waals surface area contributed by atoms with Crippen LogP contribution < -0.4 is 10.1 Å². The van der Waals surface area contributed by atoms with Crippen LogP contribution in [0.2, 0.25) is 5.02 Å². The number of likely N-dealkylation sites (tertiary alicyclic amines) is 2.